The van der Waals surface area contributed by atoms with Crippen molar-refractivity contribution in [2.24, 2.45) is 0 Å². The molecule has 0 saturated carbocycles. The van der Waals surface area contributed by atoms with Gasteiger partial charge < -0.3 is 0 Å². The predicted octanol–water partition coefficient (Wildman–Crippen LogP) is 4.60. The van der Waals surface area contributed by atoms with Crippen LogP contribution in [-0.2, 0) is 16.5 Å². The Balaban J connectivity index is 3.52. The maximum atomic E-state index is 13.6. The van der Waals surface area contributed by atoms with E-state index in [1.165, 1.54) is 0 Å². The van der Waals surface area contributed by atoms with Gasteiger partial charge in [-0.3, -0.25) is 0 Å². The van der Waals surface area contributed by atoms with Crippen molar-refractivity contribution < 1.29 is 48.1 Å². The minimum atomic E-state index is -6.47. The molecular formula is C10H4F10OS. The van der Waals surface area contributed by atoms with E-state index in [4.69, 9.17) is 0 Å². The lowest BCUT2D eigenvalue weighted by Crippen LogP contribution is -2.50. The van der Waals surface area contributed by atoms with Crippen LogP contribution in [-0.4, -0.2) is 22.1 Å². The summed E-state index contributed by atoms with van der Waals surface area (Å²) in [6, 6.07) is 0.336. The summed E-state index contributed by atoms with van der Waals surface area (Å²) in [7, 11) is -3.90. The van der Waals surface area contributed by atoms with Crippen LogP contribution < -0.4 is 0 Å². The van der Waals surface area contributed by atoms with Gasteiger partial charge in [0.2, 0.25) is 0 Å². The first-order valence-electron chi connectivity index (χ1n) is 5.04. The number of halogens is 10. The van der Waals surface area contributed by atoms with Gasteiger partial charge in [-0.15, -0.1) is 0 Å². The zero-order valence-corrected chi connectivity index (χ0v) is 10.7. The molecule has 0 aliphatic heterocycles. The molecule has 1 aromatic carbocycles. The molecule has 0 saturated heterocycles. The molecule has 0 bridgehead atoms. The van der Waals surface area contributed by atoms with Gasteiger partial charge in [0.15, 0.2) is 10.8 Å². The smallest absolute Gasteiger partial charge is 0.245 e. The van der Waals surface area contributed by atoms with E-state index in [1.807, 2.05) is 0 Å². The summed E-state index contributed by atoms with van der Waals surface area (Å²) >= 11 is 0. The van der Waals surface area contributed by atoms with Crippen molar-refractivity contribution in [3.05, 3.63) is 29.8 Å². The van der Waals surface area contributed by atoms with E-state index < -0.39 is 44.8 Å². The molecule has 0 heterocycles. The molecule has 1 nitrogen and oxygen atoms in total. The van der Waals surface area contributed by atoms with Gasteiger partial charge in [0.1, 0.15) is 0 Å². The number of benzene rings is 1. The second kappa shape index (κ2) is 5.39. The lowest BCUT2D eigenvalue weighted by molar-refractivity contribution is -0.348. The summed E-state index contributed by atoms with van der Waals surface area (Å²) in [6.07, 6.45) is -12.9. The minimum Gasteiger partial charge on any atom is -0.245 e. The molecule has 1 atom stereocenters. The van der Waals surface area contributed by atoms with Crippen LogP contribution in [0.4, 0.5) is 43.9 Å². The van der Waals surface area contributed by atoms with Crippen molar-refractivity contribution in [2.75, 3.05) is 0 Å². The fraction of sp³-hybridized carbons (Fsp3) is 0.400. The SMILES string of the molecule is O=S(c1cccc(C(F)(C(F)(F)F)C(F)(F)F)c1)C(F)(F)F. The van der Waals surface area contributed by atoms with Crippen LogP contribution in [0.3, 0.4) is 0 Å². The highest BCUT2D eigenvalue weighted by Gasteiger charge is 2.73. The Morgan fingerprint density at radius 3 is 1.59 bits per heavy atom. The second-order valence-corrected chi connectivity index (χ2v) is 5.37. The van der Waals surface area contributed by atoms with Crippen molar-refractivity contribution in [3.63, 3.8) is 0 Å². The van der Waals surface area contributed by atoms with Gasteiger partial charge in [-0.2, -0.15) is 39.5 Å². The summed E-state index contributed by atoms with van der Waals surface area (Å²) in [6.45, 7) is 0. The molecule has 0 spiro atoms. The van der Waals surface area contributed by atoms with Crippen LogP contribution in [0.5, 0.6) is 0 Å². The molecule has 12 heteroatoms. The molecule has 0 N–H and O–H groups in total. The topological polar surface area (TPSA) is 17.1 Å². The molecule has 22 heavy (non-hydrogen) atoms. The molecule has 0 aliphatic rings. The van der Waals surface area contributed by atoms with E-state index in [-0.39, 0.29) is 12.1 Å². The standard InChI is InChI=1S/C10H4F10OS/c11-7(8(12,13)14,9(15,16)17)5-2-1-3-6(4-5)22(21)10(18,19)20/h1-4H. The average Bonchev–Trinajstić information content (AvgIpc) is 2.33. The Morgan fingerprint density at radius 2 is 1.23 bits per heavy atom. The van der Waals surface area contributed by atoms with Crippen molar-refractivity contribution in [1.29, 1.82) is 0 Å². The van der Waals surface area contributed by atoms with Crippen LogP contribution in [0.25, 0.3) is 0 Å². The third-order valence-corrected chi connectivity index (χ3v) is 3.54. The van der Waals surface area contributed by atoms with Gasteiger partial charge in [-0.25, -0.2) is 8.60 Å². The molecule has 0 fully saturated rings. The van der Waals surface area contributed by atoms with Crippen molar-refractivity contribution in [3.8, 4) is 0 Å². The van der Waals surface area contributed by atoms with E-state index in [2.05, 4.69) is 0 Å². The van der Waals surface area contributed by atoms with Crippen molar-refractivity contribution in [2.45, 2.75) is 28.4 Å². The largest absolute Gasteiger partial charge is 0.475 e. The van der Waals surface area contributed by atoms with Crippen LogP contribution in [0, 0.1) is 0 Å². The maximum absolute atomic E-state index is 13.6. The zero-order chi connectivity index (χ0) is 17.6. The fourth-order valence-electron chi connectivity index (χ4n) is 1.45. The van der Waals surface area contributed by atoms with Gasteiger partial charge >= 0.3 is 23.5 Å². The predicted molar refractivity (Wildman–Crippen MR) is 53.8 cm³/mol. The Bertz CT molecular complexity index is 556. The normalized spacial score (nSPS) is 15.7. The molecule has 1 unspecified atom stereocenters. The quantitative estimate of drug-likeness (QED) is 0.703. The Hall–Kier alpha value is -1.33. The van der Waals surface area contributed by atoms with Gasteiger partial charge in [0.25, 0.3) is 0 Å². The first-order valence-corrected chi connectivity index (χ1v) is 6.19. The first-order chi connectivity index (χ1) is 9.62. The molecular weight excluding hydrogens is 358 g/mol. The highest BCUT2D eigenvalue weighted by molar-refractivity contribution is 7.86. The third-order valence-electron chi connectivity index (χ3n) is 2.44. The minimum absolute atomic E-state index is 0.0120. The van der Waals surface area contributed by atoms with Crippen LogP contribution >= 0.6 is 0 Å². The van der Waals surface area contributed by atoms with Gasteiger partial charge in [-0.05, 0) is 12.1 Å². The number of alkyl halides is 10. The summed E-state index contributed by atoms with van der Waals surface area (Å²) in [5.41, 5.74) is -13.4. The van der Waals surface area contributed by atoms with E-state index in [9.17, 15) is 48.1 Å². The number of rotatable bonds is 2. The molecule has 0 aliphatic carbocycles. The molecule has 1 rings (SSSR count). The number of hydrogen-bond acceptors (Lipinski definition) is 1. The van der Waals surface area contributed by atoms with Crippen LogP contribution in [0.1, 0.15) is 5.56 Å². The fourth-order valence-corrected chi connectivity index (χ4v) is 2.15. The monoisotopic (exact) mass is 362 g/mol. The lowest BCUT2D eigenvalue weighted by atomic mass is 9.94. The highest BCUT2D eigenvalue weighted by Crippen LogP contribution is 2.53. The Labute approximate surface area is 118 Å². The van der Waals surface area contributed by atoms with Crippen molar-refractivity contribution in [1.82, 2.24) is 0 Å². The van der Waals surface area contributed by atoms with Gasteiger partial charge in [0.05, 0.1) is 0 Å². The molecule has 0 radical (unpaired) electrons. The molecule has 0 amide bonds. The van der Waals surface area contributed by atoms with Crippen LogP contribution in [0.2, 0.25) is 0 Å². The van der Waals surface area contributed by atoms with E-state index in [1.54, 1.807) is 0 Å². The molecule has 1 aromatic rings. The Morgan fingerprint density at radius 1 is 0.773 bits per heavy atom. The summed E-state index contributed by atoms with van der Waals surface area (Å²) < 4.78 is 136. The van der Waals surface area contributed by atoms with E-state index >= 15 is 0 Å². The third kappa shape index (κ3) is 3.20. The zero-order valence-electron chi connectivity index (χ0n) is 9.91. The lowest BCUT2D eigenvalue weighted by Gasteiger charge is -2.30. The highest BCUT2D eigenvalue weighted by atomic mass is 32.2. The van der Waals surface area contributed by atoms with E-state index in [0.717, 1.165) is 0 Å². The maximum Gasteiger partial charge on any atom is 0.475 e. The first kappa shape index (κ1) is 18.7. The average molecular weight is 362 g/mol. The number of hydrogen-bond donors (Lipinski definition) is 0. The second-order valence-electron chi connectivity index (χ2n) is 3.90. The molecule has 0 aromatic heterocycles. The van der Waals surface area contributed by atoms with Gasteiger partial charge in [-0.1, -0.05) is 12.1 Å². The Kier molecular flexibility index (Phi) is 4.58. The summed E-state index contributed by atoms with van der Waals surface area (Å²) in [5.74, 6) is 0. The molecule has 126 valence electrons. The van der Waals surface area contributed by atoms with Gasteiger partial charge in [0, 0.05) is 10.5 Å². The van der Waals surface area contributed by atoms with E-state index in [0.29, 0.717) is 12.1 Å². The summed E-state index contributed by atoms with van der Waals surface area (Å²) in [4.78, 5) is -1.43. The van der Waals surface area contributed by atoms with Crippen molar-refractivity contribution >= 4 is 10.8 Å². The summed E-state index contributed by atoms with van der Waals surface area (Å²) in [5, 5.41) is 0. The van der Waals surface area contributed by atoms with Crippen LogP contribution in [0.15, 0.2) is 29.2 Å².